The topological polar surface area (TPSA) is 85.2 Å². The largest absolute Gasteiger partial charge is 0.508 e. The number of carbonyl (C=O) groups is 1. The Morgan fingerprint density at radius 1 is 1.24 bits per heavy atom. The van der Waals surface area contributed by atoms with Crippen molar-refractivity contribution in [3.63, 3.8) is 0 Å². The SMILES string of the molecule is COC(=O)C(O)c1cc(O)cc(OC)c1OC. The average molecular weight is 242 g/mol. The molecule has 0 saturated carbocycles. The Kier molecular flexibility index (Phi) is 4.17. The molecule has 0 saturated heterocycles. The molecule has 0 aliphatic heterocycles. The van der Waals surface area contributed by atoms with Crippen molar-refractivity contribution >= 4 is 5.97 Å². The van der Waals surface area contributed by atoms with Crippen LogP contribution in [0.5, 0.6) is 17.2 Å². The molecule has 0 aliphatic rings. The van der Waals surface area contributed by atoms with E-state index in [0.29, 0.717) is 0 Å². The van der Waals surface area contributed by atoms with Crippen molar-refractivity contribution in [1.82, 2.24) is 0 Å². The molecular weight excluding hydrogens is 228 g/mol. The molecule has 0 bridgehead atoms. The van der Waals surface area contributed by atoms with Crippen molar-refractivity contribution in [2.24, 2.45) is 0 Å². The van der Waals surface area contributed by atoms with Crippen LogP contribution in [0.15, 0.2) is 12.1 Å². The molecule has 1 aromatic carbocycles. The third kappa shape index (κ3) is 2.59. The van der Waals surface area contributed by atoms with E-state index in [0.717, 1.165) is 7.11 Å². The van der Waals surface area contributed by atoms with Crippen molar-refractivity contribution in [3.8, 4) is 17.2 Å². The number of esters is 1. The number of hydrogen-bond acceptors (Lipinski definition) is 6. The van der Waals surface area contributed by atoms with Crippen molar-refractivity contribution in [2.75, 3.05) is 21.3 Å². The Morgan fingerprint density at radius 2 is 1.88 bits per heavy atom. The first-order chi connectivity index (χ1) is 8.04. The van der Waals surface area contributed by atoms with Gasteiger partial charge < -0.3 is 24.4 Å². The summed E-state index contributed by atoms with van der Waals surface area (Å²) in [5.41, 5.74) is 0.0798. The van der Waals surface area contributed by atoms with E-state index in [4.69, 9.17) is 9.47 Å². The molecule has 17 heavy (non-hydrogen) atoms. The predicted octanol–water partition coefficient (Wildman–Crippen LogP) is 0.616. The lowest BCUT2D eigenvalue weighted by Crippen LogP contribution is -2.14. The number of ether oxygens (including phenoxy) is 3. The van der Waals surface area contributed by atoms with Gasteiger partial charge in [-0.2, -0.15) is 0 Å². The molecule has 0 spiro atoms. The minimum atomic E-state index is -1.55. The first kappa shape index (κ1) is 13.1. The van der Waals surface area contributed by atoms with E-state index in [1.165, 1.54) is 26.4 Å². The standard InChI is InChI=1S/C11H14O6/c1-15-8-5-6(12)4-7(10(8)16-2)9(13)11(14)17-3/h4-5,9,12-13H,1-3H3. The maximum atomic E-state index is 11.2. The highest BCUT2D eigenvalue weighted by Gasteiger charge is 2.25. The minimum absolute atomic E-state index is 0.0798. The molecular formula is C11H14O6. The van der Waals surface area contributed by atoms with Gasteiger partial charge in [0.2, 0.25) is 0 Å². The van der Waals surface area contributed by atoms with E-state index in [2.05, 4.69) is 4.74 Å². The van der Waals surface area contributed by atoms with Crippen molar-refractivity contribution in [3.05, 3.63) is 17.7 Å². The van der Waals surface area contributed by atoms with Gasteiger partial charge in [0.25, 0.3) is 0 Å². The van der Waals surface area contributed by atoms with Gasteiger partial charge in [0, 0.05) is 11.6 Å². The summed E-state index contributed by atoms with van der Waals surface area (Å²) in [5, 5.41) is 19.2. The smallest absolute Gasteiger partial charge is 0.339 e. The molecule has 1 unspecified atom stereocenters. The fraction of sp³-hybridized carbons (Fsp3) is 0.364. The molecule has 0 aromatic heterocycles. The molecule has 1 aromatic rings. The second kappa shape index (κ2) is 5.40. The van der Waals surface area contributed by atoms with Crippen LogP contribution in [0.2, 0.25) is 0 Å². The van der Waals surface area contributed by atoms with E-state index < -0.39 is 12.1 Å². The number of rotatable bonds is 4. The van der Waals surface area contributed by atoms with Gasteiger partial charge in [0.1, 0.15) is 5.75 Å². The van der Waals surface area contributed by atoms with Crippen LogP contribution in [0.3, 0.4) is 0 Å². The van der Waals surface area contributed by atoms with Gasteiger partial charge in [-0.1, -0.05) is 0 Å². The molecule has 6 heteroatoms. The van der Waals surface area contributed by atoms with Gasteiger partial charge in [-0.05, 0) is 6.07 Å². The average Bonchev–Trinajstić information content (AvgIpc) is 2.35. The monoisotopic (exact) mass is 242 g/mol. The first-order valence-corrected chi connectivity index (χ1v) is 4.76. The van der Waals surface area contributed by atoms with E-state index in [1.54, 1.807) is 0 Å². The summed E-state index contributed by atoms with van der Waals surface area (Å²) in [5.74, 6) is -0.620. The number of carbonyl (C=O) groups excluding carboxylic acids is 1. The number of aliphatic hydroxyl groups excluding tert-OH is 1. The van der Waals surface area contributed by atoms with Gasteiger partial charge >= 0.3 is 5.97 Å². The number of phenolic OH excluding ortho intramolecular Hbond substituents is 1. The lowest BCUT2D eigenvalue weighted by molar-refractivity contribution is -0.150. The summed E-state index contributed by atoms with van der Waals surface area (Å²) in [7, 11) is 3.89. The van der Waals surface area contributed by atoms with Crippen LogP contribution in [0, 0.1) is 0 Å². The number of phenols is 1. The van der Waals surface area contributed by atoms with Crippen LogP contribution >= 0.6 is 0 Å². The molecule has 0 heterocycles. The predicted molar refractivity (Wildman–Crippen MR) is 58.2 cm³/mol. The van der Waals surface area contributed by atoms with E-state index in [9.17, 15) is 15.0 Å². The molecule has 94 valence electrons. The quantitative estimate of drug-likeness (QED) is 0.753. The number of aliphatic hydroxyl groups is 1. The number of hydrogen-bond donors (Lipinski definition) is 2. The Morgan fingerprint density at radius 3 is 2.35 bits per heavy atom. The number of aromatic hydroxyl groups is 1. The molecule has 6 nitrogen and oxygen atoms in total. The van der Waals surface area contributed by atoms with Gasteiger partial charge in [-0.25, -0.2) is 4.79 Å². The van der Waals surface area contributed by atoms with E-state index in [1.807, 2.05) is 0 Å². The third-order valence-corrected chi connectivity index (χ3v) is 2.21. The lowest BCUT2D eigenvalue weighted by Gasteiger charge is -2.16. The molecule has 0 aliphatic carbocycles. The molecule has 0 radical (unpaired) electrons. The fourth-order valence-electron chi connectivity index (χ4n) is 1.42. The second-order valence-electron chi connectivity index (χ2n) is 3.20. The molecule has 0 fully saturated rings. The van der Waals surface area contributed by atoms with Gasteiger partial charge in [0.15, 0.2) is 17.6 Å². The molecule has 0 amide bonds. The normalized spacial score (nSPS) is 11.8. The van der Waals surface area contributed by atoms with Gasteiger partial charge in [-0.15, -0.1) is 0 Å². The first-order valence-electron chi connectivity index (χ1n) is 4.76. The van der Waals surface area contributed by atoms with Gasteiger partial charge in [0.05, 0.1) is 21.3 Å². The summed E-state index contributed by atoms with van der Waals surface area (Å²) >= 11 is 0. The highest BCUT2D eigenvalue weighted by Crippen LogP contribution is 2.38. The maximum absolute atomic E-state index is 11.2. The Labute approximate surface area is 98.3 Å². The zero-order valence-corrected chi connectivity index (χ0v) is 9.76. The highest BCUT2D eigenvalue weighted by molar-refractivity contribution is 5.78. The highest BCUT2D eigenvalue weighted by atomic mass is 16.5. The van der Waals surface area contributed by atoms with Crippen LogP contribution in [0.4, 0.5) is 0 Å². The second-order valence-corrected chi connectivity index (χ2v) is 3.20. The third-order valence-electron chi connectivity index (χ3n) is 2.21. The Bertz CT molecular complexity index is 415. The summed E-state index contributed by atoms with van der Waals surface area (Å²) < 4.78 is 14.4. The van der Waals surface area contributed by atoms with Gasteiger partial charge in [-0.3, -0.25) is 0 Å². The van der Waals surface area contributed by atoms with Crippen LogP contribution in [-0.4, -0.2) is 37.5 Å². The Balaban J connectivity index is 3.30. The molecule has 1 atom stereocenters. The number of methoxy groups -OCH3 is 3. The van der Waals surface area contributed by atoms with E-state index in [-0.39, 0.29) is 22.8 Å². The van der Waals surface area contributed by atoms with E-state index >= 15 is 0 Å². The molecule has 2 N–H and O–H groups in total. The molecule has 1 rings (SSSR count). The number of benzene rings is 1. The summed E-state index contributed by atoms with van der Waals surface area (Å²) in [6.45, 7) is 0. The summed E-state index contributed by atoms with van der Waals surface area (Å²) in [6.07, 6.45) is -1.55. The Hall–Kier alpha value is -1.95. The minimum Gasteiger partial charge on any atom is -0.508 e. The summed E-state index contributed by atoms with van der Waals surface area (Å²) in [4.78, 5) is 11.2. The zero-order valence-electron chi connectivity index (χ0n) is 9.76. The van der Waals surface area contributed by atoms with Crippen molar-refractivity contribution in [2.45, 2.75) is 6.10 Å². The van der Waals surface area contributed by atoms with Crippen LogP contribution in [-0.2, 0) is 9.53 Å². The van der Waals surface area contributed by atoms with Crippen molar-refractivity contribution < 1.29 is 29.2 Å². The lowest BCUT2D eigenvalue weighted by atomic mass is 10.1. The zero-order chi connectivity index (χ0) is 13.0. The van der Waals surface area contributed by atoms with Crippen LogP contribution < -0.4 is 9.47 Å². The fourth-order valence-corrected chi connectivity index (χ4v) is 1.42. The van der Waals surface area contributed by atoms with Crippen LogP contribution in [0.25, 0.3) is 0 Å². The maximum Gasteiger partial charge on any atom is 0.339 e. The van der Waals surface area contributed by atoms with Crippen molar-refractivity contribution in [1.29, 1.82) is 0 Å². The summed E-state index contributed by atoms with van der Waals surface area (Å²) in [6, 6.07) is 2.52. The van der Waals surface area contributed by atoms with Crippen LogP contribution in [0.1, 0.15) is 11.7 Å².